The molecule has 3 rings (SSSR count). The Kier molecular flexibility index (Phi) is 2.35. The van der Waals surface area contributed by atoms with Gasteiger partial charge in [0.1, 0.15) is 0 Å². The number of benzene rings is 1. The predicted octanol–water partition coefficient (Wildman–Crippen LogP) is 1.50. The first-order valence-corrected chi connectivity index (χ1v) is 5.98. The number of nitrogens with zero attached hydrogens (tertiary/aromatic N) is 2. The average Bonchev–Trinajstić information content (AvgIpc) is 2.73. The highest BCUT2D eigenvalue weighted by molar-refractivity contribution is 5.99. The molecule has 0 aliphatic carbocycles. The van der Waals surface area contributed by atoms with Crippen molar-refractivity contribution in [3.8, 4) is 0 Å². The molecule has 0 atom stereocenters. The maximum Gasteiger partial charge on any atom is 0.248 e. The second-order valence-electron chi connectivity index (χ2n) is 4.45. The van der Waals surface area contributed by atoms with Gasteiger partial charge in [0.05, 0.1) is 5.69 Å². The maximum absolute atomic E-state index is 11.9. The summed E-state index contributed by atoms with van der Waals surface area (Å²) >= 11 is 0. The molecule has 0 aromatic heterocycles. The number of anilines is 1. The molecule has 17 heavy (non-hydrogen) atoms. The third-order valence-electron chi connectivity index (χ3n) is 3.36. The van der Waals surface area contributed by atoms with Crippen LogP contribution >= 0.6 is 0 Å². The van der Waals surface area contributed by atoms with E-state index in [0.717, 1.165) is 18.7 Å². The molecule has 0 unspecified atom stereocenters. The number of carbonyl (C=O) groups is 2. The van der Waals surface area contributed by atoms with Gasteiger partial charge in [0.25, 0.3) is 0 Å². The summed E-state index contributed by atoms with van der Waals surface area (Å²) in [7, 11) is 0. The highest BCUT2D eigenvalue weighted by Crippen LogP contribution is 2.30. The molecule has 2 aliphatic rings. The van der Waals surface area contributed by atoms with E-state index in [4.69, 9.17) is 0 Å². The summed E-state index contributed by atoms with van der Waals surface area (Å²) in [6, 6.07) is 7.95. The van der Waals surface area contributed by atoms with E-state index < -0.39 is 0 Å². The fourth-order valence-electron chi connectivity index (χ4n) is 2.54. The molecule has 0 spiro atoms. The van der Waals surface area contributed by atoms with Crippen molar-refractivity contribution in [3.05, 3.63) is 29.8 Å². The number of piperidine rings is 1. The summed E-state index contributed by atoms with van der Waals surface area (Å²) in [4.78, 5) is 23.7. The lowest BCUT2D eigenvalue weighted by Crippen LogP contribution is -2.51. The van der Waals surface area contributed by atoms with Crippen LogP contribution in [-0.2, 0) is 16.0 Å². The molecule has 4 nitrogen and oxygen atoms in total. The van der Waals surface area contributed by atoms with Crippen LogP contribution in [0.25, 0.3) is 0 Å². The van der Waals surface area contributed by atoms with Gasteiger partial charge in [-0.05, 0) is 24.5 Å². The van der Waals surface area contributed by atoms with E-state index >= 15 is 0 Å². The Labute approximate surface area is 99.8 Å². The maximum atomic E-state index is 11.9. The van der Waals surface area contributed by atoms with Crippen LogP contribution in [0.1, 0.15) is 24.8 Å². The van der Waals surface area contributed by atoms with Crippen molar-refractivity contribution < 1.29 is 9.59 Å². The lowest BCUT2D eigenvalue weighted by molar-refractivity contribution is -0.148. The summed E-state index contributed by atoms with van der Waals surface area (Å²) in [5.74, 6) is -0.143. The van der Waals surface area contributed by atoms with Crippen molar-refractivity contribution in [2.45, 2.75) is 25.7 Å². The van der Waals surface area contributed by atoms with Crippen molar-refractivity contribution in [2.75, 3.05) is 11.6 Å². The molecule has 0 radical (unpaired) electrons. The third-order valence-corrected chi connectivity index (χ3v) is 3.36. The molecule has 0 saturated carbocycles. The number of rotatable bonds is 1. The second kappa shape index (κ2) is 3.87. The minimum absolute atomic E-state index is 0.0713. The van der Waals surface area contributed by atoms with Gasteiger partial charge in [-0.15, -0.1) is 0 Å². The van der Waals surface area contributed by atoms with E-state index in [0.29, 0.717) is 19.3 Å². The van der Waals surface area contributed by atoms with E-state index in [1.54, 1.807) is 0 Å². The van der Waals surface area contributed by atoms with Crippen LogP contribution in [0.3, 0.4) is 0 Å². The van der Waals surface area contributed by atoms with E-state index in [2.05, 4.69) is 0 Å². The SMILES string of the molecule is O=C1CCCC(=O)N1N1CCc2ccccc21. The number of carbonyl (C=O) groups excluding carboxylic acids is 2. The average molecular weight is 230 g/mol. The molecular weight excluding hydrogens is 216 g/mol. The quantitative estimate of drug-likeness (QED) is 0.686. The van der Waals surface area contributed by atoms with E-state index in [1.807, 2.05) is 29.3 Å². The van der Waals surface area contributed by atoms with Gasteiger partial charge in [0, 0.05) is 19.4 Å². The fourth-order valence-corrected chi connectivity index (χ4v) is 2.54. The standard InChI is InChI=1S/C13H14N2O2/c16-12-6-3-7-13(17)15(12)14-9-8-10-4-1-2-5-11(10)14/h1-2,4-5H,3,6-9H2. The van der Waals surface area contributed by atoms with E-state index in [1.165, 1.54) is 10.6 Å². The van der Waals surface area contributed by atoms with Gasteiger partial charge >= 0.3 is 0 Å². The number of imide groups is 1. The zero-order chi connectivity index (χ0) is 11.8. The van der Waals surface area contributed by atoms with Gasteiger partial charge in [0.15, 0.2) is 0 Å². The van der Waals surface area contributed by atoms with Crippen molar-refractivity contribution in [1.29, 1.82) is 0 Å². The number of hydrogen-bond acceptors (Lipinski definition) is 3. The summed E-state index contributed by atoms with van der Waals surface area (Å²) in [6.07, 6.45) is 2.53. The largest absolute Gasteiger partial charge is 0.275 e. The van der Waals surface area contributed by atoms with Gasteiger partial charge < -0.3 is 0 Å². The molecule has 0 bridgehead atoms. The van der Waals surface area contributed by atoms with E-state index in [-0.39, 0.29) is 11.8 Å². The number of hydrogen-bond donors (Lipinski definition) is 0. The molecule has 1 aromatic carbocycles. The van der Waals surface area contributed by atoms with Crippen molar-refractivity contribution in [1.82, 2.24) is 5.01 Å². The molecular formula is C13H14N2O2. The molecule has 4 heteroatoms. The van der Waals surface area contributed by atoms with Gasteiger partial charge in [-0.25, -0.2) is 0 Å². The van der Waals surface area contributed by atoms with Crippen LogP contribution in [0, 0.1) is 0 Å². The second-order valence-corrected chi connectivity index (χ2v) is 4.45. The zero-order valence-corrected chi connectivity index (χ0v) is 9.56. The van der Waals surface area contributed by atoms with Crippen molar-refractivity contribution in [3.63, 3.8) is 0 Å². The topological polar surface area (TPSA) is 40.6 Å². The van der Waals surface area contributed by atoms with Gasteiger partial charge in [-0.1, -0.05) is 18.2 Å². The lowest BCUT2D eigenvalue weighted by atomic mass is 10.1. The zero-order valence-electron chi connectivity index (χ0n) is 9.56. The number of para-hydroxylation sites is 1. The van der Waals surface area contributed by atoms with Crippen LogP contribution in [-0.4, -0.2) is 23.4 Å². The molecule has 2 amide bonds. The summed E-state index contributed by atoms with van der Waals surface area (Å²) in [6.45, 7) is 0.719. The Balaban J connectivity index is 1.95. The molecule has 2 heterocycles. The minimum Gasteiger partial charge on any atom is -0.275 e. The minimum atomic E-state index is -0.0713. The summed E-state index contributed by atoms with van der Waals surface area (Å²) in [5, 5.41) is 3.18. The Hall–Kier alpha value is -1.84. The molecule has 1 aromatic rings. The molecule has 1 fully saturated rings. The van der Waals surface area contributed by atoms with Gasteiger partial charge in [-0.2, -0.15) is 5.01 Å². The van der Waals surface area contributed by atoms with Crippen LogP contribution in [0.2, 0.25) is 0 Å². The highest BCUT2D eigenvalue weighted by atomic mass is 16.2. The molecule has 88 valence electrons. The number of hydrazine groups is 1. The summed E-state index contributed by atoms with van der Waals surface area (Å²) < 4.78 is 0. The number of amides is 2. The normalized spacial score (nSPS) is 19.8. The molecule has 2 aliphatic heterocycles. The lowest BCUT2D eigenvalue weighted by Gasteiger charge is -2.34. The fraction of sp³-hybridized carbons (Fsp3) is 0.385. The van der Waals surface area contributed by atoms with Crippen LogP contribution in [0.5, 0.6) is 0 Å². The van der Waals surface area contributed by atoms with Gasteiger partial charge in [0.2, 0.25) is 11.8 Å². The monoisotopic (exact) mass is 230 g/mol. The smallest absolute Gasteiger partial charge is 0.248 e. The summed E-state index contributed by atoms with van der Waals surface area (Å²) in [5.41, 5.74) is 2.20. The Morgan fingerprint density at radius 3 is 2.41 bits per heavy atom. The Morgan fingerprint density at radius 1 is 0.941 bits per heavy atom. The van der Waals surface area contributed by atoms with E-state index in [9.17, 15) is 9.59 Å². The molecule has 0 N–H and O–H groups in total. The van der Waals surface area contributed by atoms with Gasteiger partial charge in [-0.3, -0.25) is 14.6 Å². The first kappa shape index (κ1) is 10.3. The Bertz CT molecular complexity index is 468. The first-order chi connectivity index (χ1) is 8.27. The Morgan fingerprint density at radius 2 is 1.65 bits per heavy atom. The highest BCUT2D eigenvalue weighted by Gasteiger charge is 2.34. The first-order valence-electron chi connectivity index (χ1n) is 5.98. The van der Waals surface area contributed by atoms with Crippen LogP contribution < -0.4 is 5.01 Å². The van der Waals surface area contributed by atoms with Crippen molar-refractivity contribution in [2.24, 2.45) is 0 Å². The van der Waals surface area contributed by atoms with Crippen LogP contribution in [0.4, 0.5) is 5.69 Å². The van der Waals surface area contributed by atoms with Crippen molar-refractivity contribution >= 4 is 17.5 Å². The third kappa shape index (κ3) is 1.60. The molecule has 1 saturated heterocycles. The predicted molar refractivity (Wildman–Crippen MR) is 63.2 cm³/mol. The number of fused-ring (bicyclic) bond motifs is 1. The van der Waals surface area contributed by atoms with Crippen LogP contribution in [0.15, 0.2) is 24.3 Å².